The van der Waals surface area contributed by atoms with Gasteiger partial charge in [-0.15, -0.1) is 0 Å². The zero-order chi connectivity index (χ0) is 7.56. The van der Waals surface area contributed by atoms with Crippen LogP contribution >= 0.6 is 0 Å². The van der Waals surface area contributed by atoms with Crippen LogP contribution in [-0.4, -0.2) is 29.9 Å². The summed E-state index contributed by atoms with van der Waals surface area (Å²) >= 11 is 0. The largest absolute Gasteiger partial charge is 0.341 e. The van der Waals surface area contributed by atoms with Crippen LogP contribution in [0.15, 0.2) is 0 Å². The average molecular weight is 141 g/mol. The van der Waals surface area contributed by atoms with Crippen molar-refractivity contribution in [2.24, 2.45) is 5.73 Å². The maximum absolute atomic E-state index is 11.0. The molecule has 1 saturated heterocycles. The van der Waals surface area contributed by atoms with E-state index in [1.54, 1.807) is 4.90 Å². The third kappa shape index (κ3) is 1.70. The number of likely N-dealkylation sites (tertiary alicyclic amines) is 1. The Balaban J connectivity index is 2.33. The molecular weight excluding hydrogens is 128 g/mol. The summed E-state index contributed by atoms with van der Waals surface area (Å²) in [4.78, 5) is 12.7. The molecule has 1 unspecified atom stereocenters. The molecule has 3 heteroatoms. The molecule has 10 heavy (non-hydrogen) atoms. The molecule has 1 fully saturated rings. The normalized spacial score (nSPS) is 21.8. The average Bonchev–Trinajstić information content (AvgIpc) is 2.15. The van der Waals surface area contributed by atoms with Crippen LogP contribution in [0.3, 0.4) is 0 Å². The molecule has 3 nitrogen and oxygen atoms in total. The molecule has 0 aliphatic carbocycles. The second-order valence-corrected chi connectivity index (χ2v) is 2.70. The van der Waals surface area contributed by atoms with Crippen LogP contribution in [-0.2, 0) is 4.79 Å². The van der Waals surface area contributed by atoms with Gasteiger partial charge < -0.3 is 10.6 Å². The Morgan fingerprint density at radius 3 is 2.90 bits per heavy atom. The predicted molar refractivity (Wildman–Crippen MR) is 39.1 cm³/mol. The van der Waals surface area contributed by atoms with Crippen molar-refractivity contribution in [1.82, 2.24) is 4.90 Å². The van der Waals surface area contributed by atoms with Gasteiger partial charge in [0.15, 0.2) is 0 Å². The molecule has 1 aliphatic heterocycles. The van der Waals surface area contributed by atoms with E-state index in [-0.39, 0.29) is 11.9 Å². The van der Waals surface area contributed by atoms with Gasteiger partial charge in [0.1, 0.15) is 0 Å². The molecule has 0 aromatic carbocycles. The van der Waals surface area contributed by atoms with Crippen LogP contribution in [0.1, 0.15) is 12.8 Å². The van der Waals surface area contributed by atoms with Crippen molar-refractivity contribution in [3.05, 3.63) is 6.92 Å². The van der Waals surface area contributed by atoms with E-state index < -0.39 is 0 Å². The van der Waals surface area contributed by atoms with E-state index in [2.05, 4.69) is 6.92 Å². The van der Waals surface area contributed by atoms with Crippen molar-refractivity contribution >= 4 is 5.91 Å². The third-order valence-corrected chi connectivity index (χ3v) is 1.63. The zero-order valence-electron chi connectivity index (χ0n) is 6.05. The lowest BCUT2D eigenvalue weighted by molar-refractivity contribution is -0.127. The van der Waals surface area contributed by atoms with Crippen LogP contribution < -0.4 is 5.73 Å². The number of amides is 1. The first-order chi connectivity index (χ1) is 4.70. The fourth-order valence-electron chi connectivity index (χ4n) is 1.18. The molecule has 1 atom stereocenters. The van der Waals surface area contributed by atoms with E-state index in [1.165, 1.54) is 0 Å². The Hall–Kier alpha value is -0.570. The fourth-order valence-corrected chi connectivity index (χ4v) is 1.18. The van der Waals surface area contributed by atoms with Gasteiger partial charge in [0.2, 0.25) is 5.91 Å². The maximum atomic E-state index is 11.0. The molecule has 0 aromatic rings. The second kappa shape index (κ2) is 3.01. The van der Waals surface area contributed by atoms with Crippen molar-refractivity contribution in [3.8, 4) is 0 Å². The molecule has 1 heterocycles. The zero-order valence-corrected chi connectivity index (χ0v) is 6.05. The minimum atomic E-state index is -0.137. The molecule has 1 aliphatic rings. The van der Waals surface area contributed by atoms with Gasteiger partial charge in [0.25, 0.3) is 0 Å². The van der Waals surface area contributed by atoms with Gasteiger partial charge in [-0.3, -0.25) is 4.79 Å². The quantitative estimate of drug-likeness (QED) is 0.577. The highest BCUT2D eigenvalue weighted by atomic mass is 16.2. The fraction of sp³-hybridized carbons (Fsp3) is 0.714. The first kappa shape index (κ1) is 7.54. The molecule has 0 spiro atoms. The number of nitrogens with zero attached hydrogens (tertiary/aromatic N) is 1. The second-order valence-electron chi connectivity index (χ2n) is 2.70. The number of nitrogens with two attached hydrogens (primary N) is 1. The van der Waals surface area contributed by atoms with Crippen LogP contribution in [0.5, 0.6) is 0 Å². The lowest BCUT2D eigenvalue weighted by Gasteiger charge is -2.17. The number of hydrogen-bond acceptors (Lipinski definition) is 2. The van der Waals surface area contributed by atoms with E-state index in [0.29, 0.717) is 13.0 Å². The van der Waals surface area contributed by atoms with Gasteiger partial charge in [-0.05, 0) is 13.3 Å². The molecule has 2 N–H and O–H groups in total. The van der Waals surface area contributed by atoms with Gasteiger partial charge in [-0.25, -0.2) is 0 Å². The van der Waals surface area contributed by atoms with E-state index in [9.17, 15) is 4.79 Å². The first-order valence-electron chi connectivity index (χ1n) is 3.56. The number of carbonyl (C=O) groups is 1. The van der Waals surface area contributed by atoms with Crippen LogP contribution in [0, 0.1) is 6.92 Å². The highest BCUT2D eigenvalue weighted by Crippen LogP contribution is 2.08. The third-order valence-electron chi connectivity index (χ3n) is 1.63. The molecular formula is C7H13N2O. The minimum Gasteiger partial charge on any atom is -0.341 e. The maximum Gasteiger partial charge on any atom is 0.222 e. The van der Waals surface area contributed by atoms with Gasteiger partial charge in [0, 0.05) is 25.6 Å². The summed E-state index contributed by atoms with van der Waals surface area (Å²) in [6, 6.07) is -0.137. The molecule has 0 aromatic heterocycles. The highest BCUT2D eigenvalue weighted by molar-refractivity contribution is 5.78. The SMILES string of the molecule is [CH2]C(N)CN1CCCC1=O. The van der Waals surface area contributed by atoms with Gasteiger partial charge in [0.05, 0.1) is 0 Å². The summed E-state index contributed by atoms with van der Waals surface area (Å²) in [5.74, 6) is 0.221. The van der Waals surface area contributed by atoms with Crippen molar-refractivity contribution in [3.63, 3.8) is 0 Å². The molecule has 0 saturated carbocycles. The topological polar surface area (TPSA) is 46.3 Å². The van der Waals surface area contributed by atoms with Gasteiger partial charge in [-0.1, -0.05) is 0 Å². The summed E-state index contributed by atoms with van der Waals surface area (Å²) in [6.45, 7) is 5.09. The lowest BCUT2D eigenvalue weighted by Crippen LogP contribution is -2.36. The van der Waals surface area contributed by atoms with Crippen molar-refractivity contribution < 1.29 is 4.79 Å². The highest BCUT2D eigenvalue weighted by Gasteiger charge is 2.20. The Labute approximate surface area is 61.2 Å². The summed E-state index contributed by atoms with van der Waals surface area (Å²) < 4.78 is 0. The Kier molecular flexibility index (Phi) is 2.27. The smallest absolute Gasteiger partial charge is 0.222 e. The molecule has 1 rings (SSSR count). The first-order valence-corrected chi connectivity index (χ1v) is 3.56. The van der Waals surface area contributed by atoms with Gasteiger partial charge >= 0.3 is 0 Å². The molecule has 57 valence electrons. The van der Waals surface area contributed by atoms with E-state index in [1.807, 2.05) is 0 Å². The Bertz CT molecular complexity index is 134. The van der Waals surface area contributed by atoms with Crippen molar-refractivity contribution in [2.75, 3.05) is 13.1 Å². The number of rotatable bonds is 2. The summed E-state index contributed by atoms with van der Waals surface area (Å²) in [5.41, 5.74) is 5.43. The standard InChI is InChI=1S/C7H13N2O/c1-6(8)5-9-4-2-3-7(9)10/h6H,1-5,8H2. The summed E-state index contributed by atoms with van der Waals surface area (Å²) in [5, 5.41) is 0. The summed E-state index contributed by atoms with van der Waals surface area (Å²) in [6.07, 6.45) is 1.66. The van der Waals surface area contributed by atoms with E-state index >= 15 is 0 Å². The summed E-state index contributed by atoms with van der Waals surface area (Å²) in [7, 11) is 0. The van der Waals surface area contributed by atoms with Crippen molar-refractivity contribution in [2.45, 2.75) is 18.9 Å². The predicted octanol–water partition coefficient (Wildman–Crippen LogP) is -0.230. The molecule has 0 bridgehead atoms. The van der Waals surface area contributed by atoms with Crippen LogP contribution in [0.2, 0.25) is 0 Å². The van der Waals surface area contributed by atoms with Gasteiger partial charge in [-0.2, -0.15) is 0 Å². The monoisotopic (exact) mass is 141 g/mol. The minimum absolute atomic E-state index is 0.137. The Morgan fingerprint density at radius 2 is 2.50 bits per heavy atom. The molecule has 1 amide bonds. The van der Waals surface area contributed by atoms with E-state index in [0.717, 1.165) is 13.0 Å². The van der Waals surface area contributed by atoms with Crippen LogP contribution in [0.25, 0.3) is 0 Å². The molecule has 1 radical (unpaired) electrons. The van der Waals surface area contributed by atoms with Crippen LogP contribution in [0.4, 0.5) is 0 Å². The Morgan fingerprint density at radius 1 is 1.80 bits per heavy atom. The van der Waals surface area contributed by atoms with E-state index in [4.69, 9.17) is 5.73 Å². The number of carbonyl (C=O) groups excluding carboxylic acids is 1. The van der Waals surface area contributed by atoms with Crippen molar-refractivity contribution in [1.29, 1.82) is 0 Å². The lowest BCUT2D eigenvalue weighted by atomic mass is 10.3. The number of hydrogen-bond donors (Lipinski definition) is 1.